The van der Waals surface area contributed by atoms with Crippen LogP contribution >= 0.6 is 0 Å². The Labute approximate surface area is 111 Å². The van der Waals surface area contributed by atoms with E-state index in [2.05, 4.69) is 5.32 Å². The summed E-state index contributed by atoms with van der Waals surface area (Å²) in [6, 6.07) is -0.585. The first-order valence-corrected chi connectivity index (χ1v) is 7.02. The summed E-state index contributed by atoms with van der Waals surface area (Å²) in [5.74, 6) is -0.216. The van der Waals surface area contributed by atoms with Gasteiger partial charge in [0.25, 0.3) is 0 Å². The molecule has 1 atom stereocenters. The van der Waals surface area contributed by atoms with Gasteiger partial charge in [0, 0.05) is 5.92 Å². The van der Waals surface area contributed by atoms with Gasteiger partial charge in [0.05, 0.1) is 6.04 Å². The lowest BCUT2D eigenvalue weighted by atomic mass is 9.97. The van der Waals surface area contributed by atoms with Crippen LogP contribution in [0.5, 0.6) is 0 Å². The number of rotatable bonds is 8. The number of carbonyl (C=O) groups is 2. The largest absolute Gasteiger partial charge is 0.320 e. The van der Waals surface area contributed by atoms with E-state index >= 15 is 0 Å². The average molecular weight is 256 g/mol. The molecule has 0 aromatic carbocycles. The van der Waals surface area contributed by atoms with Gasteiger partial charge in [-0.1, -0.05) is 40.5 Å². The molecule has 0 aliphatic carbocycles. The molecule has 0 rings (SSSR count). The standard InChI is InChI=1S/C14H28N2O2/c1-5-7-11(8-6-2)13(17)16-14(18)12(15)9-10(3)4/h10-12H,5-9,15H2,1-4H3,(H,16,17,18). The number of nitrogens with two attached hydrogens (primary N) is 1. The molecule has 18 heavy (non-hydrogen) atoms. The van der Waals surface area contributed by atoms with Crippen LogP contribution in [-0.4, -0.2) is 17.9 Å². The Balaban J connectivity index is 4.30. The molecule has 0 bridgehead atoms. The number of amides is 2. The first-order valence-electron chi connectivity index (χ1n) is 7.02. The topological polar surface area (TPSA) is 72.2 Å². The van der Waals surface area contributed by atoms with Crippen molar-refractivity contribution in [3.05, 3.63) is 0 Å². The molecule has 0 saturated heterocycles. The summed E-state index contributed by atoms with van der Waals surface area (Å²) in [6.07, 6.45) is 4.15. The zero-order valence-electron chi connectivity index (χ0n) is 12.2. The van der Waals surface area contributed by atoms with E-state index in [-0.39, 0.29) is 17.7 Å². The lowest BCUT2D eigenvalue weighted by Gasteiger charge is -2.17. The van der Waals surface area contributed by atoms with Crippen molar-refractivity contribution in [2.45, 2.75) is 65.8 Å². The minimum Gasteiger partial charge on any atom is -0.320 e. The second-order valence-corrected chi connectivity index (χ2v) is 5.36. The van der Waals surface area contributed by atoms with Crippen molar-refractivity contribution in [1.29, 1.82) is 0 Å². The second kappa shape index (κ2) is 9.09. The van der Waals surface area contributed by atoms with E-state index in [9.17, 15) is 9.59 Å². The molecule has 0 aliphatic rings. The molecule has 0 aromatic rings. The Hall–Kier alpha value is -0.900. The number of imide groups is 1. The quantitative estimate of drug-likeness (QED) is 0.699. The Bertz CT molecular complexity index is 259. The highest BCUT2D eigenvalue weighted by Gasteiger charge is 2.22. The molecule has 3 N–H and O–H groups in total. The fraction of sp³-hybridized carbons (Fsp3) is 0.857. The molecule has 106 valence electrons. The van der Waals surface area contributed by atoms with Crippen molar-refractivity contribution >= 4 is 11.8 Å². The van der Waals surface area contributed by atoms with Gasteiger partial charge in [-0.3, -0.25) is 14.9 Å². The van der Waals surface area contributed by atoms with Crippen LogP contribution in [0.4, 0.5) is 0 Å². The van der Waals surface area contributed by atoms with Gasteiger partial charge in [-0.05, 0) is 25.2 Å². The third-order valence-electron chi connectivity index (χ3n) is 2.95. The van der Waals surface area contributed by atoms with Crippen molar-refractivity contribution < 1.29 is 9.59 Å². The van der Waals surface area contributed by atoms with Crippen LogP contribution in [0.15, 0.2) is 0 Å². The molecule has 0 fully saturated rings. The lowest BCUT2D eigenvalue weighted by Crippen LogP contribution is -2.46. The average Bonchev–Trinajstić information content (AvgIpc) is 2.27. The maximum absolute atomic E-state index is 11.9. The number of hydrogen-bond acceptors (Lipinski definition) is 3. The summed E-state index contributed by atoms with van der Waals surface area (Å²) in [5, 5.41) is 2.45. The zero-order chi connectivity index (χ0) is 14.1. The molecule has 0 aromatic heterocycles. The fourth-order valence-corrected chi connectivity index (χ4v) is 2.03. The molecule has 0 spiro atoms. The van der Waals surface area contributed by atoms with Crippen LogP contribution in [-0.2, 0) is 9.59 Å². The van der Waals surface area contributed by atoms with Crippen molar-refractivity contribution in [2.75, 3.05) is 0 Å². The first kappa shape index (κ1) is 17.1. The highest BCUT2D eigenvalue weighted by atomic mass is 16.2. The summed E-state index contributed by atoms with van der Waals surface area (Å²) in [6.45, 7) is 8.10. The van der Waals surface area contributed by atoms with Crippen LogP contribution in [0.3, 0.4) is 0 Å². The zero-order valence-corrected chi connectivity index (χ0v) is 12.2. The van der Waals surface area contributed by atoms with Gasteiger partial charge in [-0.25, -0.2) is 0 Å². The molecule has 4 heteroatoms. The summed E-state index contributed by atoms with van der Waals surface area (Å²) in [4.78, 5) is 23.7. The number of hydrogen-bond donors (Lipinski definition) is 2. The predicted octanol–water partition coefficient (Wildman–Crippen LogP) is 2.22. The van der Waals surface area contributed by atoms with Gasteiger partial charge >= 0.3 is 0 Å². The molecule has 2 amide bonds. The minimum absolute atomic E-state index is 0.0600. The van der Waals surface area contributed by atoms with Gasteiger partial charge < -0.3 is 5.73 Å². The van der Waals surface area contributed by atoms with E-state index < -0.39 is 6.04 Å². The summed E-state index contributed by atoms with van der Waals surface area (Å²) >= 11 is 0. The second-order valence-electron chi connectivity index (χ2n) is 5.36. The van der Waals surface area contributed by atoms with Gasteiger partial charge in [0.2, 0.25) is 11.8 Å². The molecule has 0 saturated carbocycles. The van der Waals surface area contributed by atoms with E-state index in [1.807, 2.05) is 27.7 Å². The molecule has 4 nitrogen and oxygen atoms in total. The highest BCUT2D eigenvalue weighted by molar-refractivity contribution is 5.98. The van der Waals surface area contributed by atoms with E-state index in [1.54, 1.807) is 0 Å². The van der Waals surface area contributed by atoms with Crippen LogP contribution < -0.4 is 11.1 Å². The SMILES string of the molecule is CCCC(CCC)C(=O)NC(=O)C(N)CC(C)C. The summed E-state index contributed by atoms with van der Waals surface area (Å²) in [7, 11) is 0. The Kier molecular flexibility index (Phi) is 8.63. The lowest BCUT2D eigenvalue weighted by molar-refractivity contribution is -0.133. The smallest absolute Gasteiger partial charge is 0.243 e. The molecular formula is C14H28N2O2. The van der Waals surface area contributed by atoms with Gasteiger partial charge in [-0.2, -0.15) is 0 Å². The third-order valence-corrected chi connectivity index (χ3v) is 2.95. The van der Waals surface area contributed by atoms with Crippen molar-refractivity contribution in [1.82, 2.24) is 5.32 Å². The Morgan fingerprint density at radius 1 is 1.06 bits per heavy atom. The minimum atomic E-state index is -0.585. The summed E-state index contributed by atoms with van der Waals surface area (Å²) in [5.41, 5.74) is 5.75. The molecular weight excluding hydrogens is 228 g/mol. The Morgan fingerprint density at radius 2 is 1.56 bits per heavy atom. The molecule has 1 unspecified atom stereocenters. The number of carbonyl (C=O) groups excluding carboxylic acids is 2. The molecule has 0 radical (unpaired) electrons. The van der Waals surface area contributed by atoms with Crippen molar-refractivity contribution in [3.63, 3.8) is 0 Å². The maximum Gasteiger partial charge on any atom is 0.243 e. The predicted molar refractivity (Wildman–Crippen MR) is 73.9 cm³/mol. The maximum atomic E-state index is 11.9. The first-order chi connectivity index (χ1) is 8.42. The highest BCUT2D eigenvalue weighted by Crippen LogP contribution is 2.13. The normalized spacial score (nSPS) is 12.8. The number of nitrogens with one attached hydrogen (secondary N) is 1. The fourth-order valence-electron chi connectivity index (χ4n) is 2.03. The van der Waals surface area contributed by atoms with E-state index in [1.165, 1.54) is 0 Å². The van der Waals surface area contributed by atoms with E-state index in [4.69, 9.17) is 5.73 Å². The van der Waals surface area contributed by atoms with Crippen LogP contribution in [0.25, 0.3) is 0 Å². The Morgan fingerprint density at radius 3 is 1.94 bits per heavy atom. The monoisotopic (exact) mass is 256 g/mol. The molecule has 0 aliphatic heterocycles. The third kappa shape index (κ3) is 6.74. The van der Waals surface area contributed by atoms with Crippen LogP contribution in [0.2, 0.25) is 0 Å². The van der Waals surface area contributed by atoms with E-state index in [0.717, 1.165) is 25.7 Å². The van der Waals surface area contributed by atoms with Gasteiger partial charge in [0.15, 0.2) is 0 Å². The van der Waals surface area contributed by atoms with Gasteiger partial charge in [-0.15, -0.1) is 0 Å². The van der Waals surface area contributed by atoms with E-state index in [0.29, 0.717) is 12.3 Å². The summed E-state index contributed by atoms with van der Waals surface area (Å²) < 4.78 is 0. The van der Waals surface area contributed by atoms with Crippen molar-refractivity contribution in [2.24, 2.45) is 17.6 Å². The van der Waals surface area contributed by atoms with Crippen LogP contribution in [0, 0.1) is 11.8 Å². The molecule has 0 heterocycles. The van der Waals surface area contributed by atoms with Crippen LogP contribution in [0.1, 0.15) is 59.8 Å². The van der Waals surface area contributed by atoms with Gasteiger partial charge in [0.1, 0.15) is 0 Å². The van der Waals surface area contributed by atoms with Crippen molar-refractivity contribution in [3.8, 4) is 0 Å².